The molecule has 0 aliphatic heterocycles. The second-order valence-electron chi connectivity index (χ2n) is 7.65. The second kappa shape index (κ2) is 9.51. The minimum Gasteiger partial charge on any atom is -0.262 e. The monoisotopic (exact) mass is 594 g/mol. The minimum atomic E-state index is -0.485. The first-order valence-electron chi connectivity index (χ1n) is 10.5. The van der Waals surface area contributed by atoms with E-state index in [1.54, 1.807) is 0 Å². The van der Waals surface area contributed by atoms with Crippen LogP contribution in [0.4, 0.5) is 0 Å². The van der Waals surface area contributed by atoms with Crippen molar-refractivity contribution >= 4 is 0 Å². The predicted molar refractivity (Wildman–Crippen MR) is 125 cm³/mol. The van der Waals surface area contributed by atoms with E-state index in [1.165, 1.54) is 16.7 Å². The van der Waals surface area contributed by atoms with Crippen molar-refractivity contribution in [1.29, 1.82) is 0 Å². The summed E-state index contributed by atoms with van der Waals surface area (Å²) in [7, 11) is 0. The summed E-state index contributed by atoms with van der Waals surface area (Å²) in [5.74, 6) is 0. The van der Waals surface area contributed by atoms with Crippen LogP contribution in [0, 0.1) is 13.0 Å². The van der Waals surface area contributed by atoms with Crippen molar-refractivity contribution in [3.8, 4) is 5.69 Å². The Morgan fingerprint density at radius 2 is 1.12 bits per heavy atom. The molecular weight excluding hydrogens is 571 g/mol. The molecule has 0 aliphatic carbocycles. The summed E-state index contributed by atoms with van der Waals surface area (Å²) in [6, 6.07) is 43.4. The minimum absolute atomic E-state index is 0. The van der Waals surface area contributed by atoms with Crippen molar-refractivity contribution in [2.75, 3.05) is 0 Å². The molecular formula is C29H23N2Pt-. The molecule has 0 aliphatic rings. The van der Waals surface area contributed by atoms with Gasteiger partial charge in [-0.3, -0.25) is 4.68 Å². The molecule has 0 N–H and O–H groups in total. The fourth-order valence-corrected chi connectivity index (χ4v) is 4.57. The first-order chi connectivity index (χ1) is 15.3. The molecule has 160 valence electrons. The van der Waals surface area contributed by atoms with Crippen LogP contribution in [0.2, 0.25) is 0 Å². The average molecular weight is 595 g/mol. The molecule has 3 heteroatoms. The van der Waals surface area contributed by atoms with Crippen molar-refractivity contribution < 1.29 is 21.1 Å². The fraction of sp³-hybridized carbons (Fsp3) is 0.0690. The predicted octanol–water partition coefficient (Wildman–Crippen LogP) is 6.36. The van der Waals surface area contributed by atoms with Gasteiger partial charge in [-0.1, -0.05) is 91.0 Å². The van der Waals surface area contributed by atoms with Crippen LogP contribution in [0.15, 0.2) is 121 Å². The molecule has 0 radical (unpaired) electrons. The van der Waals surface area contributed by atoms with E-state index in [4.69, 9.17) is 5.10 Å². The van der Waals surface area contributed by atoms with E-state index >= 15 is 0 Å². The average Bonchev–Trinajstić information content (AvgIpc) is 3.24. The van der Waals surface area contributed by atoms with Crippen molar-refractivity contribution in [3.05, 3.63) is 155 Å². The molecule has 0 spiro atoms. The first-order valence-corrected chi connectivity index (χ1v) is 10.5. The molecule has 2 nitrogen and oxygen atoms in total. The Balaban J connectivity index is 0.00000245. The zero-order valence-corrected chi connectivity index (χ0v) is 20.0. The third kappa shape index (κ3) is 3.65. The number of hydrogen-bond acceptors (Lipinski definition) is 1. The number of rotatable bonds is 5. The first kappa shape index (κ1) is 22.0. The summed E-state index contributed by atoms with van der Waals surface area (Å²) >= 11 is 0. The molecule has 32 heavy (non-hydrogen) atoms. The number of hydrogen-bond donors (Lipinski definition) is 0. The molecule has 0 saturated heterocycles. The Bertz CT molecular complexity index is 1170. The van der Waals surface area contributed by atoms with Gasteiger partial charge in [0.2, 0.25) is 0 Å². The maximum atomic E-state index is 4.81. The van der Waals surface area contributed by atoms with Crippen LogP contribution in [0.5, 0.6) is 0 Å². The van der Waals surface area contributed by atoms with E-state index in [0.29, 0.717) is 0 Å². The van der Waals surface area contributed by atoms with Crippen molar-refractivity contribution in [1.82, 2.24) is 9.78 Å². The number of nitrogens with zero attached hydrogens (tertiary/aromatic N) is 2. The smallest absolute Gasteiger partial charge is 0.0735 e. The van der Waals surface area contributed by atoms with Crippen LogP contribution >= 0.6 is 0 Å². The third-order valence-electron chi connectivity index (χ3n) is 5.96. The Kier molecular flexibility index (Phi) is 6.53. The van der Waals surface area contributed by atoms with Gasteiger partial charge in [-0.25, -0.2) is 0 Å². The van der Waals surface area contributed by atoms with Crippen molar-refractivity contribution in [2.45, 2.75) is 12.3 Å². The van der Waals surface area contributed by atoms with E-state index in [0.717, 1.165) is 16.9 Å². The van der Waals surface area contributed by atoms with Gasteiger partial charge in [-0.05, 0) is 29.3 Å². The number of para-hydroxylation sites is 1. The third-order valence-corrected chi connectivity index (χ3v) is 5.96. The van der Waals surface area contributed by atoms with Crippen LogP contribution in [0.25, 0.3) is 5.69 Å². The maximum Gasteiger partial charge on any atom is 0.0735 e. The number of aromatic nitrogens is 2. The maximum absolute atomic E-state index is 4.81. The summed E-state index contributed by atoms with van der Waals surface area (Å²) in [6.07, 6.45) is 2.02. The molecule has 1 aromatic heterocycles. The van der Waals surface area contributed by atoms with Gasteiger partial charge in [-0.15, -0.1) is 6.07 Å². The normalized spacial score (nSPS) is 11.0. The Morgan fingerprint density at radius 3 is 1.56 bits per heavy atom. The van der Waals surface area contributed by atoms with Crippen LogP contribution in [-0.4, -0.2) is 9.78 Å². The largest absolute Gasteiger partial charge is 0.262 e. The van der Waals surface area contributed by atoms with Gasteiger partial charge >= 0.3 is 0 Å². The Hall–Kier alpha value is -3.22. The molecule has 5 rings (SSSR count). The summed E-state index contributed by atoms with van der Waals surface area (Å²) in [4.78, 5) is 0. The van der Waals surface area contributed by atoms with E-state index in [-0.39, 0.29) is 21.1 Å². The molecule has 0 amide bonds. The molecule has 0 saturated carbocycles. The molecule has 0 bridgehead atoms. The standard InChI is InChI=1S/C29H23N2.Pt/c1-23-28(22-30-31(23)27-20-12-5-13-21-27)29(24-14-6-2-7-15-24,25-16-8-3-9-17-25)26-18-10-4-11-19-26;/h2-20,22H,1H3;/q-1;. The van der Waals surface area contributed by atoms with E-state index in [9.17, 15) is 0 Å². The quantitative estimate of drug-likeness (QED) is 0.171. The fourth-order valence-electron chi connectivity index (χ4n) is 4.57. The van der Waals surface area contributed by atoms with Crippen molar-refractivity contribution in [2.24, 2.45) is 0 Å². The van der Waals surface area contributed by atoms with Gasteiger partial charge in [0.1, 0.15) is 0 Å². The van der Waals surface area contributed by atoms with Gasteiger partial charge in [0.15, 0.2) is 0 Å². The van der Waals surface area contributed by atoms with Crippen LogP contribution in [0.3, 0.4) is 0 Å². The molecule has 5 aromatic rings. The summed E-state index contributed by atoms with van der Waals surface area (Å²) in [5, 5.41) is 4.81. The Morgan fingerprint density at radius 1 is 0.656 bits per heavy atom. The van der Waals surface area contributed by atoms with Gasteiger partial charge < -0.3 is 0 Å². The van der Waals surface area contributed by atoms with Gasteiger partial charge in [0.25, 0.3) is 0 Å². The zero-order chi connectivity index (χ0) is 21.1. The van der Waals surface area contributed by atoms with E-state index in [2.05, 4.69) is 104 Å². The van der Waals surface area contributed by atoms with Crippen LogP contribution in [0.1, 0.15) is 27.9 Å². The molecule has 4 aromatic carbocycles. The topological polar surface area (TPSA) is 17.8 Å². The molecule has 0 atom stereocenters. The van der Waals surface area contributed by atoms with E-state index < -0.39 is 5.41 Å². The summed E-state index contributed by atoms with van der Waals surface area (Å²) in [6.45, 7) is 2.15. The van der Waals surface area contributed by atoms with Gasteiger partial charge in [-0.2, -0.15) is 29.4 Å². The van der Waals surface area contributed by atoms with Gasteiger partial charge in [0.05, 0.1) is 11.6 Å². The second-order valence-corrected chi connectivity index (χ2v) is 7.65. The van der Waals surface area contributed by atoms with Crippen molar-refractivity contribution in [3.63, 3.8) is 0 Å². The van der Waals surface area contributed by atoms with Crippen LogP contribution < -0.4 is 0 Å². The summed E-state index contributed by atoms with van der Waals surface area (Å²) in [5.41, 5.74) is 6.36. The summed E-state index contributed by atoms with van der Waals surface area (Å²) < 4.78 is 1.99. The molecule has 1 heterocycles. The number of benzene rings is 4. The zero-order valence-electron chi connectivity index (χ0n) is 17.8. The molecule has 0 fully saturated rings. The van der Waals surface area contributed by atoms with E-state index in [1.807, 2.05) is 35.1 Å². The molecule has 0 unspecified atom stereocenters. The van der Waals surface area contributed by atoms with Crippen LogP contribution in [-0.2, 0) is 26.5 Å². The SMILES string of the molecule is Cc1c(C(c2ccccc2)(c2ccccc2)c2ccccc2)cnn1-c1[c-]cccc1.[Pt]. The Labute approximate surface area is 203 Å². The van der Waals surface area contributed by atoms with Gasteiger partial charge in [0, 0.05) is 32.3 Å².